The number of rotatable bonds is 4. The minimum absolute atomic E-state index is 0. The number of amides is 1. The molecular weight excluding hydrogens is 284 g/mol. The van der Waals surface area contributed by atoms with E-state index in [0.29, 0.717) is 6.54 Å². The molecule has 0 spiro atoms. The van der Waals surface area contributed by atoms with Crippen LogP contribution in [-0.2, 0) is 11.2 Å². The first-order valence-corrected chi connectivity index (χ1v) is 7.29. The van der Waals surface area contributed by atoms with Crippen LogP contribution in [0.2, 0.25) is 0 Å². The Bertz CT molecular complexity index is 609. The van der Waals surface area contributed by atoms with Gasteiger partial charge < -0.3 is 10.6 Å². The Kier molecular flexibility index (Phi) is 5.59. The van der Waals surface area contributed by atoms with Crippen LogP contribution in [-0.4, -0.2) is 25.5 Å². The quantitative estimate of drug-likeness (QED) is 0.911. The van der Waals surface area contributed by atoms with Crippen molar-refractivity contribution in [2.24, 2.45) is 5.92 Å². The summed E-state index contributed by atoms with van der Waals surface area (Å²) in [6.45, 7) is 2.50. The number of halogens is 1. The normalized spacial score (nSPS) is 17.4. The predicted molar refractivity (Wildman–Crippen MR) is 88.9 cm³/mol. The summed E-state index contributed by atoms with van der Waals surface area (Å²) in [7, 11) is 0. The van der Waals surface area contributed by atoms with Crippen molar-refractivity contribution in [3.8, 4) is 0 Å². The van der Waals surface area contributed by atoms with E-state index in [-0.39, 0.29) is 24.2 Å². The van der Waals surface area contributed by atoms with Gasteiger partial charge in [0.1, 0.15) is 0 Å². The third-order valence-corrected chi connectivity index (χ3v) is 3.96. The molecule has 0 radical (unpaired) electrons. The molecule has 0 aromatic heterocycles. The van der Waals surface area contributed by atoms with Crippen LogP contribution in [0.5, 0.6) is 0 Å². The first kappa shape index (κ1) is 15.8. The molecule has 1 heterocycles. The van der Waals surface area contributed by atoms with Gasteiger partial charge in [0.25, 0.3) is 0 Å². The summed E-state index contributed by atoms with van der Waals surface area (Å²) in [6.07, 6.45) is 1.85. The predicted octanol–water partition coefficient (Wildman–Crippen LogP) is 2.53. The zero-order valence-electron chi connectivity index (χ0n) is 12.0. The van der Waals surface area contributed by atoms with E-state index in [0.717, 1.165) is 25.9 Å². The van der Waals surface area contributed by atoms with E-state index in [2.05, 4.69) is 53.1 Å². The Labute approximate surface area is 131 Å². The van der Waals surface area contributed by atoms with Crippen molar-refractivity contribution in [3.05, 3.63) is 48.0 Å². The van der Waals surface area contributed by atoms with Crippen molar-refractivity contribution in [2.75, 3.05) is 19.6 Å². The first-order valence-electron chi connectivity index (χ1n) is 7.29. The highest BCUT2D eigenvalue weighted by atomic mass is 35.5. The van der Waals surface area contributed by atoms with Gasteiger partial charge in [0, 0.05) is 13.1 Å². The zero-order chi connectivity index (χ0) is 13.8. The maximum absolute atomic E-state index is 11.9. The van der Waals surface area contributed by atoms with Gasteiger partial charge in [-0.15, -0.1) is 12.4 Å². The molecule has 0 saturated carbocycles. The topological polar surface area (TPSA) is 41.1 Å². The van der Waals surface area contributed by atoms with Crippen molar-refractivity contribution in [1.82, 2.24) is 10.6 Å². The molecule has 2 N–H and O–H groups in total. The van der Waals surface area contributed by atoms with Crippen LogP contribution in [0, 0.1) is 5.92 Å². The highest BCUT2D eigenvalue weighted by Gasteiger charge is 2.21. The first-order chi connectivity index (χ1) is 9.83. The summed E-state index contributed by atoms with van der Waals surface area (Å²) in [5.41, 5.74) is 1.27. The molecule has 0 bridgehead atoms. The fourth-order valence-corrected chi connectivity index (χ4v) is 2.75. The second-order valence-electron chi connectivity index (χ2n) is 5.41. The minimum Gasteiger partial charge on any atom is -0.355 e. The average molecular weight is 305 g/mol. The van der Waals surface area contributed by atoms with Crippen molar-refractivity contribution in [1.29, 1.82) is 0 Å². The molecule has 1 aliphatic heterocycles. The van der Waals surface area contributed by atoms with Crippen LogP contribution in [0.4, 0.5) is 0 Å². The molecule has 2 aromatic carbocycles. The highest BCUT2D eigenvalue weighted by molar-refractivity contribution is 5.85. The largest absolute Gasteiger partial charge is 0.355 e. The van der Waals surface area contributed by atoms with Gasteiger partial charge in [-0.1, -0.05) is 42.5 Å². The maximum atomic E-state index is 11.9. The number of hydrogen-bond donors (Lipinski definition) is 2. The van der Waals surface area contributed by atoms with Crippen LogP contribution in [0.1, 0.15) is 12.0 Å². The number of benzene rings is 2. The van der Waals surface area contributed by atoms with Gasteiger partial charge >= 0.3 is 0 Å². The number of fused-ring (bicyclic) bond motifs is 1. The van der Waals surface area contributed by atoms with Gasteiger partial charge in [-0.2, -0.15) is 0 Å². The number of nitrogens with one attached hydrogen (secondary N) is 2. The van der Waals surface area contributed by atoms with Crippen LogP contribution in [0.25, 0.3) is 10.8 Å². The van der Waals surface area contributed by atoms with Crippen LogP contribution in [0.15, 0.2) is 42.5 Å². The van der Waals surface area contributed by atoms with Crippen molar-refractivity contribution in [3.63, 3.8) is 0 Å². The number of carbonyl (C=O) groups is 1. The molecule has 1 saturated heterocycles. The monoisotopic (exact) mass is 304 g/mol. The summed E-state index contributed by atoms with van der Waals surface area (Å²) in [4.78, 5) is 11.9. The second-order valence-corrected chi connectivity index (χ2v) is 5.41. The highest BCUT2D eigenvalue weighted by Crippen LogP contribution is 2.15. The smallest absolute Gasteiger partial charge is 0.224 e. The zero-order valence-corrected chi connectivity index (χ0v) is 12.8. The van der Waals surface area contributed by atoms with Gasteiger partial charge in [-0.25, -0.2) is 0 Å². The summed E-state index contributed by atoms with van der Waals surface area (Å²) < 4.78 is 0. The van der Waals surface area contributed by atoms with E-state index in [1.54, 1.807) is 0 Å². The molecule has 1 amide bonds. The van der Waals surface area contributed by atoms with E-state index in [1.165, 1.54) is 16.3 Å². The molecule has 3 rings (SSSR count). The summed E-state index contributed by atoms with van der Waals surface area (Å²) >= 11 is 0. The van der Waals surface area contributed by atoms with Crippen LogP contribution in [0.3, 0.4) is 0 Å². The van der Waals surface area contributed by atoms with Gasteiger partial charge in [-0.3, -0.25) is 4.79 Å². The Morgan fingerprint density at radius 2 is 2.00 bits per heavy atom. The Balaban J connectivity index is 0.00000161. The van der Waals surface area contributed by atoms with Crippen molar-refractivity contribution >= 4 is 29.1 Å². The maximum Gasteiger partial charge on any atom is 0.224 e. The van der Waals surface area contributed by atoms with Crippen molar-refractivity contribution in [2.45, 2.75) is 12.8 Å². The lowest BCUT2D eigenvalue weighted by Gasteiger charge is -2.10. The Hall–Kier alpha value is -1.58. The SMILES string of the molecule is Cl.O=C(NCCc1ccc2ccccc2c1)C1CCNC1. The van der Waals surface area contributed by atoms with E-state index in [1.807, 2.05) is 0 Å². The summed E-state index contributed by atoms with van der Waals surface area (Å²) in [5.74, 6) is 0.349. The molecule has 1 aliphatic rings. The lowest BCUT2D eigenvalue weighted by atomic mass is 10.0. The standard InChI is InChI=1S/C17H20N2O.ClH/c20-17(16-8-9-18-12-16)19-10-7-13-5-6-14-3-1-2-4-15(14)11-13;/h1-6,11,16,18H,7-10,12H2,(H,19,20);1H. The van der Waals surface area contributed by atoms with Crippen LogP contribution >= 0.6 is 12.4 Å². The number of carbonyl (C=O) groups excluding carboxylic acids is 1. The van der Waals surface area contributed by atoms with Gasteiger partial charge in [-0.05, 0) is 35.7 Å². The Morgan fingerprint density at radius 3 is 2.76 bits per heavy atom. The van der Waals surface area contributed by atoms with Crippen LogP contribution < -0.4 is 10.6 Å². The minimum atomic E-state index is 0. The third-order valence-electron chi connectivity index (χ3n) is 3.96. The van der Waals surface area contributed by atoms with E-state index in [9.17, 15) is 4.79 Å². The van der Waals surface area contributed by atoms with Gasteiger partial charge in [0.2, 0.25) is 5.91 Å². The molecule has 1 fully saturated rings. The lowest BCUT2D eigenvalue weighted by molar-refractivity contribution is -0.124. The number of hydrogen-bond acceptors (Lipinski definition) is 2. The molecule has 21 heavy (non-hydrogen) atoms. The molecule has 1 unspecified atom stereocenters. The molecule has 1 atom stereocenters. The fraction of sp³-hybridized carbons (Fsp3) is 0.353. The second kappa shape index (κ2) is 7.43. The van der Waals surface area contributed by atoms with E-state index in [4.69, 9.17) is 0 Å². The van der Waals surface area contributed by atoms with E-state index < -0.39 is 0 Å². The molecule has 2 aromatic rings. The lowest BCUT2D eigenvalue weighted by Crippen LogP contribution is -2.33. The average Bonchev–Trinajstić information content (AvgIpc) is 3.01. The molecule has 0 aliphatic carbocycles. The molecule has 112 valence electrons. The third kappa shape index (κ3) is 3.96. The van der Waals surface area contributed by atoms with E-state index >= 15 is 0 Å². The fourth-order valence-electron chi connectivity index (χ4n) is 2.75. The van der Waals surface area contributed by atoms with Crippen molar-refractivity contribution < 1.29 is 4.79 Å². The Morgan fingerprint density at radius 1 is 1.19 bits per heavy atom. The van der Waals surface area contributed by atoms with Gasteiger partial charge in [0.05, 0.1) is 5.92 Å². The molecule has 4 heteroatoms. The summed E-state index contributed by atoms with van der Waals surface area (Å²) in [6, 6.07) is 14.9. The van der Waals surface area contributed by atoms with Gasteiger partial charge in [0.15, 0.2) is 0 Å². The summed E-state index contributed by atoms with van der Waals surface area (Å²) in [5, 5.41) is 8.78. The molecular formula is C17H21ClN2O. The molecule has 3 nitrogen and oxygen atoms in total.